The van der Waals surface area contributed by atoms with Crippen LogP contribution in [0.15, 0.2) is 42.6 Å². The number of fused-ring (bicyclic) bond motifs is 2. The van der Waals surface area contributed by atoms with Gasteiger partial charge >= 0.3 is 0 Å². The van der Waals surface area contributed by atoms with Gasteiger partial charge in [0.2, 0.25) is 0 Å². The minimum Gasteiger partial charge on any atom is -0.487 e. The van der Waals surface area contributed by atoms with Crippen molar-refractivity contribution in [1.82, 2.24) is 9.78 Å². The molecule has 2 heterocycles. The molecule has 0 radical (unpaired) electrons. The van der Waals surface area contributed by atoms with Gasteiger partial charge in [0.25, 0.3) is 5.91 Å². The van der Waals surface area contributed by atoms with Crippen molar-refractivity contribution >= 4 is 16.8 Å². The summed E-state index contributed by atoms with van der Waals surface area (Å²) in [5.74, 6) is 0.662. The highest BCUT2D eigenvalue weighted by Crippen LogP contribution is 2.30. The summed E-state index contributed by atoms with van der Waals surface area (Å²) in [6.07, 6.45) is 1.84. The summed E-state index contributed by atoms with van der Waals surface area (Å²) < 4.78 is 29.9. The number of rotatable bonds is 2. The zero-order valence-corrected chi connectivity index (χ0v) is 17.1. The summed E-state index contributed by atoms with van der Waals surface area (Å²) in [7, 11) is 0. The number of carbonyl (C=O) groups is 1. The Labute approximate surface area is 179 Å². The van der Waals surface area contributed by atoms with Crippen LogP contribution in [0.25, 0.3) is 16.6 Å². The Bertz CT molecular complexity index is 1040. The van der Waals surface area contributed by atoms with Gasteiger partial charge in [-0.25, -0.2) is 4.68 Å². The third-order valence-electron chi connectivity index (χ3n) is 4.71. The summed E-state index contributed by atoms with van der Waals surface area (Å²) in [6, 6.07) is 10.9. The maximum absolute atomic E-state index is 11.7. The van der Waals surface area contributed by atoms with Crippen molar-refractivity contribution < 1.29 is 28.5 Å². The lowest BCUT2D eigenvalue weighted by atomic mass is 10.1. The average Bonchev–Trinajstić information content (AvgIpc) is 3.21. The molecule has 3 aromatic rings. The third-order valence-corrected chi connectivity index (χ3v) is 4.71. The van der Waals surface area contributed by atoms with Gasteiger partial charge in [-0.1, -0.05) is 12.1 Å². The topological polar surface area (TPSA) is 107 Å². The van der Waals surface area contributed by atoms with E-state index in [4.69, 9.17) is 29.4 Å². The lowest BCUT2D eigenvalue weighted by Crippen LogP contribution is -2.13. The number of amides is 1. The fourth-order valence-corrected chi connectivity index (χ4v) is 3.21. The van der Waals surface area contributed by atoms with Crippen LogP contribution in [0.3, 0.4) is 0 Å². The second-order valence-corrected chi connectivity index (χ2v) is 6.85. The number of benzene rings is 2. The molecule has 0 saturated carbocycles. The van der Waals surface area contributed by atoms with Gasteiger partial charge in [-0.3, -0.25) is 4.79 Å². The van der Waals surface area contributed by atoms with Crippen LogP contribution in [0.5, 0.6) is 11.5 Å². The highest BCUT2D eigenvalue weighted by molar-refractivity contribution is 6.04. The van der Waals surface area contributed by atoms with E-state index in [0.29, 0.717) is 75.4 Å². The van der Waals surface area contributed by atoms with Crippen molar-refractivity contribution in [2.45, 2.75) is 0 Å². The van der Waals surface area contributed by atoms with Gasteiger partial charge in [-0.2, -0.15) is 5.10 Å². The molecule has 0 saturated heterocycles. The zero-order valence-electron chi connectivity index (χ0n) is 17.1. The van der Waals surface area contributed by atoms with E-state index in [-0.39, 0.29) is 0 Å². The zero-order chi connectivity index (χ0) is 21.5. The first kappa shape index (κ1) is 21.1. The fourth-order valence-electron chi connectivity index (χ4n) is 3.21. The first-order chi connectivity index (χ1) is 15.2. The SMILES string of the molecule is NC(=O)c1cccc2cn(-c3ccc4c(c3)OCCOCCOCCOCCO4)nc12. The lowest BCUT2D eigenvalue weighted by Gasteiger charge is -2.14. The second-order valence-electron chi connectivity index (χ2n) is 6.85. The van der Waals surface area contributed by atoms with E-state index >= 15 is 0 Å². The second kappa shape index (κ2) is 10.3. The van der Waals surface area contributed by atoms with Gasteiger partial charge in [-0.15, -0.1) is 0 Å². The highest BCUT2D eigenvalue weighted by Gasteiger charge is 2.13. The first-order valence-electron chi connectivity index (χ1n) is 10.1. The smallest absolute Gasteiger partial charge is 0.250 e. The number of carbonyl (C=O) groups excluding carboxylic acids is 1. The molecule has 0 atom stereocenters. The molecule has 1 amide bonds. The third kappa shape index (κ3) is 5.32. The lowest BCUT2D eigenvalue weighted by molar-refractivity contribution is 0.00708. The Morgan fingerprint density at radius 2 is 1.48 bits per heavy atom. The average molecular weight is 427 g/mol. The van der Waals surface area contributed by atoms with Crippen molar-refractivity contribution in [3.05, 3.63) is 48.2 Å². The van der Waals surface area contributed by atoms with E-state index in [9.17, 15) is 4.79 Å². The van der Waals surface area contributed by atoms with Crippen LogP contribution in [0.2, 0.25) is 0 Å². The van der Waals surface area contributed by atoms with Crippen LogP contribution in [0, 0.1) is 0 Å². The predicted molar refractivity (Wildman–Crippen MR) is 113 cm³/mol. The van der Waals surface area contributed by atoms with E-state index in [1.807, 2.05) is 30.5 Å². The molecule has 4 rings (SSSR count). The van der Waals surface area contributed by atoms with E-state index in [1.165, 1.54) is 0 Å². The quantitative estimate of drug-likeness (QED) is 0.666. The van der Waals surface area contributed by atoms with Gasteiger partial charge in [0.1, 0.15) is 18.7 Å². The van der Waals surface area contributed by atoms with E-state index in [2.05, 4.69) is 5.10 Å². The van der Waals surface area contributed by atoms with Crippen LogP contribution < -0.4 is 15.2 Å². The van der Waals surface area contributed by atoms with E-state index < -0.39 is 5.91 Å². The molecule has 2 aromatic carbocycles. The number of nitrogens with two attached hydrogens (primary N) is 1. The van der Waals surface area contributed by atoms with Crippen molar-refractivity contribution in [2.24, 2.45) is 5.73 Å². The molecule has 1 aliphatic heterocycles. The number of aromatic nitrogens is 2. The summed E-state index contributed by atoms with van der Waals surface area (Å²) in [4.78, 5) is 11.7. The van der Waals surface area contributed by atoms with Gasteiger partial charge in [0, 0.05) is 17.6 Å². The fraction of sp³-hybridized carbons (Fsp3) is 0.364. The standard InChI is InChI=1S/C22H25N3O6/c23-22(26)18-3-1-2-16-15-25(24-21(16)18)17-4-5-19-20(14-17)31-13-11-29-9-7-27-6-8-28-10-12-30-19/h1-5,14-15H,6-13H2,(H2,23,26). The molecule has 1 aromatic heterocycles. The van der Waals surface area contributed by atoms with Gasteiger partial charge in [0.05, 0.1) is 50.9 Å². The molecule has 1 aliphatic rings. The normalized spacial score (nSPS) is 16.4. The molecule has 9 heteroatoms. The molecule has 9 nitrogen and oxygen atoms in total. The molecule has 0 unspecified atom stereocenters. The van der Waals surface area contributed by atoms with Crippen LogP contribution in [0.1, 0.15) is 10.4 Å². The van der Waals surface area contributed by atoms with Crippen molar-refractivity contribution in [2.75, 3.05) is 52.9 Å². The van der Waals surface area contributed by atoms with Crippen molar-refractivity contribution in [1.29, 1.82) is 0 Å². The maximum atomic E-state index is 11.7. The Kier molecular flexibility index (Phi) is 6.98. The summed E-state index contributed by atoms with van der Waals surface area (Å²) in [5.41, 5.74) is 7.17. The molecule has 2 N–H and O–H groups in total. The van der Waals surface area contributed by atoms with Crippen LogP contribution in [0.4, 0.5) is 0 Å². The number of nitrogens with zero attached hydrogens (tertiary/aromatic N) is 2. The number of hydrogen-bond donors (Lipinski definition) is 1. The Hall–Kier alpha value is -3.14. The van der Waals surface area contributed by atoms with E-state index in [1.54, 1.807) is 16.8 Å². The van der Waals surface area contributed by atoms with Gasteiger partial charge in [0.15, 0.2) is 11.5 Å². The maximum Gasteiger partial charge on any atom is 0.250 e. The first-order valence-corrected chi connectivity index (χ1v) is 10.1. The van der Waals surface area contributed by atoms with Crippen molar-refractivity contribution in [3.8, 4) is 17.2 Å². The Morgan fingerprint density at radius 3 is 2.16 bits per heavy atom. The Morgan fingerprint density at radius 1 is 0.839 bits per heavy atom. The summed E-state index contributed by atoms with van der Waals surface area (Å²) >= 11 is 0. The molecule has 0 spiro atoms. The van der Waals surface area contributed by atoms with Gasteiger partial charge < -0.3 is 29.4 Å². The summed E-state index contributed by atoms with van der Waals surface area (Å²) in [5, 5.41) is 5.37. The molecule has 164 valence electrons. The number of primary amides is 1. The van der Waals surface area contributed by atoms with Crippen molar-refractivity contribution in [3.63, 3.8) is 0 Å². The van der Waals surface area contributed by atoms with E-state index in [0.717, 1.165) is 11.1 Å². The largest absolute Gasteiger partial charge is 0.487 e. The molecular weight excluding hydrogens is 402 g/mol. The predicted octanol–water partition coefficient (Wildman–Crippen LogP) is 1.95. The van der Waals surface area contributed by atoms with Crippen LogP contribution >= 0.6 is 0 Å². The monoisotopic (exact) mass is 427 g/mol. The van der Waals surface area contributed by atoms with Crippen LogP contribution in [-0.4, -0.2) is 68.5 Å². The Balaban J connectivity index is 1.59. The molecule has 0 bridgehead atoms. The minimum atomic E-state index is -0.514. The minimum absolute atomic E-state index is 0.364. The van der Waals surface area contributed by atoms with Crippen LogP contribution in [-0.2, 0) is 14.2 Å². The molecular formula is C22H25N3O6. The number of ether oxygens (including phenoxy) is 5. The molecule has 31 heavy (non-hydrogen) atoms. The van der Waals surface area contributed by atoms with Gasteiger partial charge in [-0.05, 0) is 18.2 Å². The molecule has 0 fully saturated rings. The molecule has 0 aliphatic carbocycles. The number of hydrogen-bond acceptors (Lipinski definition) is 7. The summed E-state index contributed by atoms with van der Waals surface area (Å²) in [6.45, 7) is 3.67. The highest BCUT2D eigenvalue weighted by atomic mass is 16.6.